The van der Waals surface area contributed by atoms with Gasteiger partial charge in [0.05, 0.1) is 6.33 Å². The fraction of sp³-hybridized carbons (Fsp3) is 0.0800. The Morgan fingerprint density at radius 2 is 1.17 bits per heavy atom. The number of rotatable bonds is 5. The van der Waals surface area contributed by atoms with Crippen molar-refractivity contribution in [1.82, 2.24) is 19.5 Å². The van der Waals surface area contributed by atoms with Gasteiger partial charge in [0, 0.05) is 7.05 Å². The number of nitrogens with zero attached hydrogens (tertiary/aromatic N) is 4. The van der Waals surface area contributed by atoms with Crippen LogP contribution in [0.15, 0.2) is 104 Å². The summed E-state index contributed by atoms with van der Waals surface area (Å²) >= 11 is 0. The van der Waals surface area contributed by atoms with E-state index in [0.717, 1.165) is 27.9 Å². The van der Waals surface area contributed by atoms with Crippen molar-refractivity contribution in [3.8, 4) is 0 Å². The fourth-order valence-corrected chi connectivity index (χ4v) is 4.22. The molecule has 0 saturated carbocycles. The highest BCUT2D eigenvalue weighted by atomic mass is 15.2. The van der Waals surface area contributed by atoms with Crippen LogP contribution in [0.1, 0.15) is 16.7 Å². The summed E-state index contributed by atoms with van der Waals surface area (Å²) in [4.78, 5) is 13.7. The summed E-state index contributed by atoms with van der Waals surface area (Å²) in [6.07, 6.45) is 3.45. The molecule has 2 aromatic heterocycles. The molecule has 1 N–H and O–H groups in total. The van der Waals surface area contributed by atoms with Gasteiger partial charge in [0.15, 0.2) is 11.5 Å². The first-order chi connectivity index (χ1) is 14.9. The van der Waals surface area contributed by atoms with E-state index in [1.807, 2.05) is 31.6 Å². The van der Waals surface area contributed by atoms with Crippen LogP contribution in [0, 0.1) is 0 Å². The molecule has 0 bridgehead atoms. The van der Waals surface area contributed by atoms with E-state index < -0.39 is 5.54 Å². The molecular weight excluding hydrogens is 370 g/mol. The maximum absolute atomic E-state index is 4.71. The minimum Gasteiger partial charge on any atom is -0.371 e. The van der Waals surface area contributed by atoms with Crippen molar-refractivity contribution >= 4 is 17.0 Å². The number of anilines is 1. The molecule has 0 aliphatic heterocycles. The summed E-state index contributed by atoms with van der Waals surface area (Å²) < 4.78 is 2.16. The second kappa shape index (κ2) is 7.44. The molecule has 0 spiro atoms. The Kier molecular flexibility index (Phi) is 4.48. The summed E-state index contributed by atoms with van der Waals surface area (Å²) in [5.41, 5.74) is 4.26. The molecule has 2 heterocycles. The number of hydrogen-bond donors (Lipinski definition) is 1. The van der Waals surface area contributed by atoms with Crippen LogP contribution in [0.25, 0.3) is 11.2 Å². The summed E-state index contributed by atoms with van der Waals surface area (Å²) in [6.45, 7) is 0. The Labute approximate surface area is 175 Å². The number of fused-ring (bicyclic) bond motifs is 1. The summed E-state index contributed by atoms with van der Waals surface area (Å²) in [6, 6.07) is 31.5. The molecule has 0 fully saturated rings. The number of nitrogens with one attached hydrogen (secondary N) is 1. The molecule has 5 nitrogen and oxygen atoms in total. The lowest BCUT2D eigenvalue weighted by Gasteiger charge is -2.37. The lowest BCUT2D eigenvalue weighted by molar-refractivity contribution is 0.526. The second-order valence-electron chi connectivity index (χ2n) is 7.07. The van der Waals surface area contributed by atoms with Gasteiger partial charge in [-0.15, -0.1) is 0 Å². The third-order valence-electron chi connectivity index (χ3n) is 5.51. The summed E-state index contributed by atoms with van der Waals surface area (Å²) in [5, 5.41) is 3.13. The molecule has 5 rings (SSSR count). The molecule has 0 atom stereocenters. The van der Waals surface area contributed by atoms with E-state index in [9.17, 15) is 0 Å². The van der Waals surface area contributed by atoms with Crippen LogP contribution in [-0.4, -0.2) is 26.6 Å². The quantitative estimate of drug-likeness (QED) is 0.441. The number of benzene rings is 3. The third-order valence-corrected chi connectivity index (χ3v) is 5.51. The zero-order valence-corrected chi connectivity index (χ0v) is 16.6. The first kappa shape index (κ1) is 18.1. The molecule has 5 heteroatoms. The van der Waals surface area contributed by atoms with Crippen LogP contribution >= 0.6 is 0 Å². The fourth-order valence-electron chi connectivity index (χ4n) is 4.22. The van der Waals surface area contributed by atoms with Crippen molar-refractivity contribution in [2.75, 3.05) is 12.4 Å². The molecule has 0 saturated heterocycles. The van der Waals surface area contributed by atoms with E-state index >= 15 is 0 Å². The molecule has 0 unspecified atom stereocenters. The Morgan fingerprint density at radius 1 is 0.667 bits per heavy atom. The van der Waals surface area contributed by atoms with Crippen molar-refractivity contribution in [2.24, 2.45) is 0 Å². The average molecular weight is 391 g/mol. The van der Waals surface area contributed by atoms with E-state index in [2.05, 4.69) is 92.6 Å². The monoisotopic (exact) mass is 391 g/mol. The summed E-state index contributed by atoms with van der Waals surface area (Å²) in [7, 11) is 1.85. The van der Waals surface area contributed by atoms with Gasteiger partial charge in [-0.3, -0.25) is 4.57 Å². The standard InChI is InChI=1S/C25H21N5/c1-26-23-22-24(28-17-27-23)30(18-29-22)25(19-11-5-2-6-12-19,20-13-7-3-8-14-20)21-15-9-4-10-16-21/h2-18H,1H3,(H,26,27,28). The molecule has 0 amide bonds. The number of imidazole rings is 1. The third kappa shape index (κ3) is 2.67. The predicted molar refractivity (Wildman–Crippen MR) is 119 cm³/mol. The van der Waals surface area contributed by atoms with E-state index in [-0.39, 0.29) is 0 Å². The summed E-state index contributed by atoms with van der Waals surface area (Å²) in [5.74, 6) is 0.710. The minimum atomic E-state index is -0.641. The molecular formula is C25H21N5. The zero-order chi connectivity index (χ0) is 20.4. The smallest absolute Gasteiger partial charge is 0.166 e. The van der Waals surface area contributed by atoms with Gasteiger partial charge < -0.3 is 5.32 Å². The molecule has 0 aliphatic carbocycles. The molecule has 3 aromatic carbocycles. The normalized spacial score (nSPS) is 11.5. The van der Waals surface area contributed by atoms with Crippen LogP contribution < -0.4 is 5.32 Å². The van der Waals surface area contributed by atoms with Crippen LogP contribution in [0.5, 0.6) is 0 Å². The van der Waals surface area contributed by atoms with Crippen molar-refractivity contribution in [1.29, 1.82) is 0 Å². The van der Waals surface area contributed by atoms with Crippen LogP contribution in [0.4, 0.5) is 5.82 Å². The Balaban J connectivity index is 1.95. The Hall–Kier alpha value is -3.99. The van der Waals surface area contributed by atoms with Gasteiger partial charge in [-0.25, -0.2) is 15.0 Å². The van der Waals surface area contributed by atoms with Gasteiger partial charge >= 0.3 is 0 Å². The van der Waals surface area contributed by atoms with E-state index in [0.29, 0.717) is 5.82 Å². The van der Waals surface area contributed by atoms with Gasteiger partial charge in [-0.1, -0.05) is 91.0 Å². The van der Waals surface area contributed by atoms with E-state index in [4.69, 9.17) is 4.98 Å². The highest BCUT2D eigenvalue weighted by Gasteiger charge is 2.39. The van der Waals surface area contributed by atoms with Crippen LogP contribution in [0.2, 0.25) is 0 Å². The second-order valence-corrected chi connectivity index (χ2v) is 7.07. The van der Waals surface area contributed by atoms with Gasteiger partial charge in [0.2, 0.25) is 0 Å². The minimum absolute atomic E-state index is 0.641. The number of hydrogen-bond acceptors (Lipinski definition) is 4. The maximum atomic E-state index is 4.71. The molecule has 0 aliphatic rings. The number of aromatic nitrogens is 4. The SMILES string of the molecule is CNc1ncnc2c1ncn2C(c1ccccc1)(c1ccccc1)c1ccccc1. The first-order valence-corrected chi connectivity index (χ1v) is 9.88. The highest BCUT2D eigenvalue weighted by molar-refractivity contribution is 5.83. The Morgan fingerprint density at radius 3 is 1.63 bits per heavy atom. The van der Waals surface area contributed by atoms with Crippen LogP contribution in [-0.2, 0) is 5.54 Å². The van der Waals surface area contributed by atoms with Gasteiger partial charge in [0.25, 0.3) is 0 Å². The zero-order valence-electron chi connectivity index (χ0n) is 16.6. The van der Waals surface area contributed by atoms with E-state index in [1.54, 1.807) is 6.33 Å². The van der Waals surface area contributed by atoms with Crippen molar-refractivity contribution in [3.05, 3.63) is 120 Å². The lowest BCUT2D eigenvalue weighted by atomic mass is 9.76. The van der Waals surface area contributed by atoms with Crippen molar-refractivity contribution in [2.45, 2.75) is 5.54 Å². The topological polar surface area (TPSA) is 55.6 Å². The molecule has 146 valence electrons. The van der Waals surface area contributed by atoms with Crippen molar-refractivity contribution < 1.29 is 0 Å². The Bertz CT molecular complexity index is 1170. The molecule has 0 radical (unpaired) electrons. The predicted octanol–water partition coefficient (Wildman–Crippen LogP) is 4.71. The van der Waals surface area contributed by atoms with Gasteiger partial charge in [-0.2, -0.15) is 0 Å². The van der Waals surface area contributed by atoms with E-state index in [1.165, 1.54) is 0 Å². The molecule has 5 aromatic rings. The first-order valence-electron chi connectivity index (χ1n) is 9.88. The van der Waals surface area contributed by atoms with Gasteiger partial charge in [-0.05, 0) is 16.7 Å². The maximum Gasteiger partial charge on any atom is 0.166 e. The van der Waals surface area contributed by atoms with Crippen LogP contribution in [0.3, 0.4) is 0 Å². The van der Waals surface area contributed by atoms with Crippen molar-refractivity contribution in [3.63, 3.8) is 0 Å². The largest absolute Gasteiger partial charge is 0.371 e. The molecule has 30 heavy (non-hydrogen) atoms. The lowest BCUT2D eigenvalue weighted by Crippen LogP contribution is -2.37. The highest BCUT2D eigenvalue weighted by Crippen LogP contribution is 2.42. The van der Waals surface area contributed by atoms with Gasteiger partial charge in [0.1, 0.15) is 17.4 Å². The average Bonchev–Trinajstić information content (AvgIpc) is 3.26.